The molecule has 1 saturated heterocycles. The normalized spacial score (nSPS) is 31.1. The van der Waals surface area contributed by atoms with Crippen LogP contribution in [0, 0.1) is 0 Å². The highest BCUT2D eigenvalue weighted by Gasteiger charge is 2.57. The Bertz CT molecular complexity index is 738. The van der Waals surface area contributed by atoms with Gasteiger partial charge in [-0.1, -0.05) is 42.5 Å². The fourth-order valence-electron chi connectivity index (χ4n) is 2.85. The van der Waals surface area contributed by atoms with Crippen molar-refractivity contribution in [2.24, 2.45) is 0 Å². The number of ether oxygens (including phenoxy) is 4. The van der Waals surface area contributed by atoms with Gasteiger partial charge in [0.2, 0.25) is 5.79 Å². The number of benzene rings is 2. The van der Waals surface area contributed by atoms with Gasteiger partial charge in [-0.05, 0) is 23.3 Å². The Kier molecular flexibility index (Phi) is 3.88. The van der Waals surface area contributed by atoms with Gasteiger partial charge in [0.25, 0.3) is 5.79 Å². The average Bonchev–Trinajstić information content (AvgIpc) is 2.58. The number of hydrogen-bond acceptors (Lipinski definition) is 5. The molecule has 0 radical (unpaired) electrons. The predicted octanol–water partition coefficient (Wildman–Crippen LogP) is 3.18. The second-order valence-corrected chi connectivity index (χ2v) is 5.79. The second kappa shape index (κ2) is 5.60. The van der Waals surface area contributed by atoms with Crippen molar-refractivity contribution in [3.63, 3.8) is 0 Å². The molecule has 0 aromatic heterocycles. The maximum atomic E-state index is 12.5. The van der Waals surface area contributed by atoms with Gasteiger partial charge in [-0.25, -0.2) is 4.79 Å². The van der Waals surface area contributed by atoms with E-state index in [1.165, 1.54) is 14.2 Å². The van der Waals surface area contributed by atoms with Crippen molar-refractivity contribution in [1.29, 1.82) is 0 Å². The van der Waals surface area contributed by atoms with Gasteiger partial charge < -0.3 is 18.9 Å². The third-order valence-corrected chi connectivity index (χ3v) is 4.56. The van der Waals surface area contributed by atoms with Crippen LogP contribution in [0.25, 0.3) is 10.8 Å². The summed E-state index contributed by atoms with van der Waals surface area (Å²) in [5.74, 6) is -3.04. The van der Waals surface area contributed by atoms with Crippen molar-refractivity contribution >= 4 is 16.7 Å². The van der Waals surface area contributed by atoms with Crippen LogP contribution >= 0.6 is 0 Å². The molecule has 0 unspecified atom stereocenters. The molecule has 122 valence electrons. The molecule has 0 bridgehead atoms. The molecular formula is C18H20O5. The van der Waals surface area contributed by atoms with E-state index in [1.54, 1.807) is 13.8 Å². The average molecular weight is 316 g/mol. The summed E-state index contributed by atoms with van der Waals surface area (Å²) < 4.78 is 22.4. The first kappa shape index (κ1) is 15.9. The van der Waals surface area contributed by atoms with E-state index in [1.807, 2.05) is 42.5 Å². The zero-order valence-electron chi connectivity index (χ0n) is 13.7. The zero-order chi connectivity index (χ0) is 16.7. The van der Waals surface area contributed by atoms with E-state index >= 15 is 0 Å². The summed E-state index contributed by atoms with van der Waals surface area (Å²) in [6.07, 6.45) is -0.880. The lowest BCUT2D eigenvalue weighted by Crippen LogP contribution is -2.62. The number of fused-ring (bicyclic) bond motifs is 1. The molecule has 2 aromatic rings. The third kappa shape index (κ3) is 2.41. The van der Waals surface area contributed by atoms with Crippen molar-refractivity contribution in [2.45, 2.75) is 31.5 Å². The summed E-state index contributed by atoms with van der Waals surface area (Å²) in [6.45, 7) is 3.31. The van der Waals surface area contributed by atoms with E-state index in [0.717, 1.165) is 16.3 Å². The van der Waals surface area contributed by atoms with E-state index < -0.39 is 23.6 Å². The van der Waals surface area contributed by atoms with E-state index in [4.69, 9.17) is 18.9 Å². The highest BCUT2D eigenvalue weighted by molar-refractivity contribution is 5.90. The zero-order valence-corrected chi connectivity index (χ0v) is 13.7. The summed E-state index contributed by atoms with van der Waals surface area (Å²) in [6, 6.07) is 13.6. The molecule has 1 fully saturated rings. The standard InChI is InChI=1S/C18H20O5/c1-17(20-3)18(2,21-4)23-16(19)15(22-17)14-11-7-9-12-8-5-6-10-13(12)14/h5-11,15H,1-4H3/t15-,17+,18+/m0/s1. The number of hydrogen-bond donors (Lipinski definition) is 0. The molecule has 5 heteroatoms. The number of esters is 1. The Morgan fingerprint density at radius 2 is 1.61 bits per heavy atom. The maximum Gasteiger partial charge on any atom is 0.342 e. The van der Waals surface area contributed by atoms with Crippen LogP contribution in [0.1, 0.15) is 25.5 Å². The van der Waals surface area contributed by atoms with Gasteiger partial charge in [-0.15, -0.1) is 0 Å². The Labute approximate surface area is 135 Å². The lowest BCUT2D eigenvalue weighted by molar-refractivity contribution is -0.407. The van der Waals surface area contributed by atoms with Gasteiger partial charge in [0.1, 0.15) is 0 Å². The van der Waals surface area contributed by atoms with E-state index in [-0.39, 0.29) is 0 Å². The van der Waals surface area contributed by atoms with Gasteiger partial charge in [-0.2, -0.15) is 0 Å². The first-order valence-electron chi connectivity index (χ1n) is 7.43. The van der Waals surface area contributed by atoms with Crippen molar-refractivity contribution in [2.75, 3.05) is 14.2 Å². The van der Waals surface area contributed by atoms with Crippen LogP contribution in [0.4, 0.5) is 0 Å². The number of carbonyl (C=O) groups excluding carboxylic acids is 1. The van der Waals surface area contributed by atoms with Crippen molar-refractivity contribution in [1.82, 2.24) is 0 Å². The summed E-state index contributed by atoms with van der Waals surface area (Å²) in [5.41, 5.74) is 0.745. The van der Waals surface area contributed by atoms with Gasteiger partial charge in [0, 0.05) is 21.1 Å². The minimum absolute atomic E-state index is 0.500. The molecule has 1 aliphatic heterocycles. The molecule has 0 aliphatic carbocycles. The van der Waals surface area contributed by atoms with Gasteiger partial charge in [-0.3, -0.25) is 0 Å². The van der Waals surface area contributed by atoms with Crippen molar-refractivity contribution < 1.29 is 23.7 Å². The van der Waals surface area contributed by atoms with E-state index in [9.17, 15) is 4.79 Å². The molecule has 0 amide bonds. The van der Waals surface area contributed by atoms with E-state index in [2.05, 4.69) is 0 Å². The van der Waals surface area contributed by atoms with Crippen molar-refractivity contribution in [3.8, 4) is 0 Å². The Balaban J connectivity index is 2.08. The minimum Gasteiger partial charge on any atom is -0.425 e. The number of rotatable bonds is 3. The second-order valence-electron chi connectivity index (χ2n) is 5.79. The molecular weight excluding hydrogens is 296 g/mol. The van der Waals surface area contributed by atoms with Crippen LogP contribution in [0.2, 0.25) is 0 Å². The van der Waals surface area contributed by atoms with Crippen LogP contribution in [0.5, 0.6) is 0 Å². The Morgan fingerprint density at radius 1 is 0.957 bits per heavy atom. The number of cyclic esters (lactones) is 1. The van der Waals surface area contributed by atoms with Gasteiger partial charge >= 0.3 is 5.97 Å². The number of carbonyl (C=O) groups is 1. The quantitative estimate of drug-likeness (QED) is 0.814. The third-order valence-electron chi connectivity index (χ3n) is 4.56. The summed E-state index contributed by atoms with van der Waals surface area (Å²) in [5, 5.41) is 1.97. The lowest BCUT2D eigenvalue weighted by atomic mass is 9.98. The molecule has 23 heavy (non-hydrogen) atoms. The topological polar surface area (TPSA) is 54.0 Å². The predicted molar refractivity (Wildman–Crippen MR) is 84.7 cm³/mol. The summed E-state index contributed by atoms with van der Waals surface area (Å²) in [7, 11) is 2.95. The molecule has 5 nitrogen and oxygen atoms in total. The van der Waals surface area contributed by atoms with Crippen molar-refractivity contribution in [3.05, 3.63) is 48.0 Å². The summed E-state index contributed by atoms with van der Waals surface area (Å²) in [4.78, 5) is 12.5. The molecule has 3 rings (SSSR count). The Morgan fingerprint density at radius 3 is 2.30 bits per heavy atom. The fraction of sp³-hybridized carbons (Fsp3) is 0.389. The lowest BCUT2D eigenvalue weighted by Gasteiger charge is -2.47. The molecule has 0 N–H and O–H groups in total. The molecule has 0 spiro atoms. The fourth-order valence-corrected chi connectivity index (χ4v) is 2.85. The monoisotopic (exact) mass is 316 g/mol. The first-order valence-corrected chi connectivity index (χ1v) is 7.43. The highest BCUT2D eigenvalue weighted by Crippen LogP contribution is 2.43. The van der Waals surface area contributed by atoms with Gasteiger partial charge in [0.15, 0.2) is 6.10 Å². The largest absolute Gasteiger partial charge is 0.425 e. The van der Waals surface area contributed by atoms with Crippen LogP contribution in [0.15, 0.2) is 42.5 Å². The van der Waals surface area contributed by atoms with Crippen LogP contribution in [-0.2, 0) is 23.7 Å². The molecule has 3 atom stereocenters. The van der Waals surface area contributed by atoms with Gasteiger partial charge in [0.05, 0.1) is 0 Å². The molecule has 1 aliphatic rings. The van der Waals surface area contributed by atoms with Crippen LogP contribution in [-0.4, -0.2) is 31.8 Å². The smallest absolute Gasteiger partial charge is 0.342 e. The highest BCUT2D eigenvalue weighted by atomic mass is 16.8. The molecule has 0 saturated carbocycles. The number of methoxy groups -OCH3 is 2. The Hall–Kier alpha value is -1.95. The molecule has 1 heterocycles. The SMILES string of the molecule is CO[C@]1(C)OC(=O)[C@H](c2cccc3ccccc23)O[C@@]1(C)OC. The maximum absolute atomic E-state index is 12.5. The minimum atomic E-state index is -1.32. The van der Waals surface area contributed by atoms with Crippen LogP contribution < -0.4 is 0 Å². The molecule has 2 aromatic carbocycles. The first-order chi connectivity index (χ1) is 10.9. The summed E-state index contributed by atoms with van der Waals surface area (Å²) >= 11 is 0. The van der Waals surface area contributed by atoms with Crippen LogP contribution in [0.3, 0.4) is 0 Å². The van der Waals surface area contributed by atoms with E-state index in [0.29, 0.717) is 0 Å².